The summed E-state index contributed by atoms with van der Waals surface area (Å²) in [5.74, 6) is 0. The van der Waals surface area contributed by atoms with Crippen LogP contribution in [-0.4, -0.2) is 12.2 Å². The van der Waals surface area contributed by atoms with Crippen LogP contribution in [0.1, 0.15) is 24.5 Å². The minimum Gasteiger partial charge on any atom is -0.382 e. The Kier molecular flexibility index (Phi) is 2.82. The minimum absolute atomic E-state index is 0.350. The van der Waals surface area contributed by atoms with E-state index in [0.29, 0.717) is 11.6 Å². The van der Waals surface area contributed by atoms with Gasteiger partial charge in [-0.2, -0.15) is 13.2 Å². The molecule has 0 fully saturated rings. The van der Waals surface area contributed by atoms with Crippen LogP contribution < -0.4 is 5.32 Å². The van der Waals surface area contributed by atoms with E-state index in [1.807, 2.05) is 0 Å². The van der Waals surface area contributed by atoms with Crippen molar-refractivity contribution in [1.82, 2.24) is 0 Å². The summed E-state index contributed by atoms with van der Waals surface area (Å²) in [6.45, 7) is 2.08. The molecule has 1 nitrogen and oxygen atoms in total. The number of hydrogen-bond acceptors (Lipinski definition) is 1. The smallest absolute Gasteiger partial charge is 0.382 e. The number of aryl methyl sites for hydroxylation is 1. The van der Waals surface area contributed by atoms with E-state index >= 15 is 0 Å². The van der Waals surface area contributed by atoms with Crippen molar-refractivity contribution in [3.8, 4) is 0 Å². The molecule has 4 heteroatoms. The monoisotopic (exact) mass is 229 g/mol. The molecule has 0 saturated heterocycles. The predicted molar refractivity (Wildman–Crippen MR) is 57.6 cm³/mol. The standard InChI is InChI=1S/C12H14F3N/c1-8-2-4-10-6-9(7-12(13,14)15)3-5-11(10)16-8/h3,5-6,8,16H,2,4,7H2,1H3/t8-/m0/s1. The van der Waals surface area contributed by atoms with E-state index in [4.69, 9.17) is 0 Å². The van der Waals surface area contributed by atoms with Crippen LogP contribution in [0.15, 0.2) is 18.2 Å². The Bertz CT molecular complexity index is 384. The first kappa shape index (κ1) is 11.3. The first-order valence-corrected chi connectivity index (χ1v) is 5.39. The molecule has 0 amide bonds. The molecule has 0 aromatic heterocycles. The molecule has 1 N–H and O–H groups in total. The first-order valence-electron chi connectivity index (χ1n) is 5.39. The molecule has 0 aliphatic carbocycles. The Labute approximate surface area is 92.7 Å². The van der Waals surface area contributed by atoms with Crippen molar-refractivity contribution in [2.45, 2.75) is 38.4 Å². The average molecular weight is 229 g/mol. The average Bonchev–Trinajstić information content (AvgIpc) is 2.16. The van der Waals surface area contributed by atoms with Crippen LogP contribution in [0, 0.1) is 0 Å². The van der Waals surface area contributed by atoms with Gasteiger partial charge in [0.1, 0.15) is 0 Å². The van der Waals surface area contributed by atoms with Crippen LogP contribution in [0.2, 0.25) is 0 Å². The summed E-state index contributed by atoms with van der Waals surface area (Å²) in [5, 5.41) is 3.27. The van der Waals surface area contributed by atoms with Crippen LogP contribution in [0.25, 0.3) is 0 Å². The van der Waals surface area contributed by atoms with E-state index in [2.05, 4.69) is 12.2 Å². The fourth-order valence-electron chi connectivity index (χ4n) is 2.05. The number of halogens is 3. The molecule has 88 valence electrons. The summed E-state index contributed by atoms with van der Waals surface area (Å²) in [7, 11) is 0. The normalized spacial score (nSPS) is 20.1. The highest BCUT2D eigenvalue weighted by molar-refractivity contribution is 5.55. The summed E-state index contributed by atoms with van der Waals surface area (Å²) in [6, 6.07) is 5.38. The molecule has 1 aromatic rings. The SMILES string of the molecule is C[C@H]1CCc2cc(CC(F)(F)F)ccc2N1. The number of fused-ring (bicyclic) bond motifs is 1. The fraction of sp³-hybridized carbons (Fsp3) is 0.500. The molecule has 1 aromatic carbocycles. The molecule has 16 heavy (non-hydrogen) atoms. The van der Waals surface area contributed by atoms with Crippen molar-refractivity contribution in [2.75, 3.05) is 5.32 Å². The number of rotatable bonds is 1. The second kappa shape index (κ2) is 4.00. The van der Waals surface area contributed by atoms with Gasteiger partial charge in [-0.25, -0.2) is 0 Å². The molecule has 1 aliphatic rings. The third kappa shape index (κ3) is 2.68. The summed E-state index contributed by atoms with van der Waals surface area (Å²) in [4.78, 5) is 0. The third-order valence-electron chi connectivity index (χ3n) is 2.82. The summed E-state index contributed by atoms with van der Waals surface area (Å²) in [6.07, 6.45) is -3.13. The molecular weight excluding hydrogens is 215 g/mol. The molecule has 1 aliphatic heterocycles. The zero-order chi connectivity index (χ0) is 11.8. The van der Waals surface area contributed by atoms with E-state index in [1.165, 1.54) is 0 Å². The second-order valence-electron chi connectivity index (χ2n) is 4.37. The number of hydrogen-bond donors (Lipinski definition) is 1. The van der Waals surface area contributed by atoms with E-state index in [9.17, 15) is 13.2 Å². The van der Waals surface area contributed by atoms with Crippen LogP contribution in [0.5, 0.6) is 0 Å². The van der Waals surface area contributed by atoms with Crippen LogP contribution in [0.3, 0.4) is 0 Å². The maximum absolute atomic E-state index is 12.2. The van der Waals surface area contributed by atoms with Crippen LogP contribution >= 0.6 is 0 Å². The van der Waals surface area contributed by atoms with Gasteiger partial charge >= 0.3 is 6.18 Å². The molecule has 0 radical (unpaired) electrons. The largest absolute Gasteiger partial charge is 0.393 e. The topological polar surface area (TPSA) is 12.0 Å². The molecule has 0 spiro atoms. The van der Waals surface area contributed by atoms with Crippen molar-refractivity contribution in [3.63, 3.8) is 0 Å². The highest BCUT2D eigenvalue weighted by atomic mass is 19.4. The van der Waals surface area contributed by atoms with Gasteiger partial charge in [-0.3, -0.25) is 0 Å². The highest BCUT2D eigenvalue weighted by Gasteiger charge is 2.28. The van der Waals surface area contributed by atoms with Crippen molar-refractivity contribution < 1.29 is 13.2 Å². The van der Waals surface area contributed by atoms with Gasteiger partial charge in [0.05, 0.1) is 6.42 Å². The first-order chi connectivity index (χ1) is 7.44. The van der Waals surface area contributed by atoms with Crippen molar-refractivity contribution in [2.24, 2.45) is 0 Å². The summed E-state index contributed by atoms with van der Waals surface area (Å²) >= 11 is 0. The third-order valence-corrected chi connectivity index (χ3v) is 2.82. The van der Waals surface area contributed by atoms with Crippen molar-refractivity contribution in [1.29, 1.82) is 0 Å². The summed E-state index contributed by atoms with van der Waals surface area (Å²) < 4.78 is 36.7. The number of benzene rings is 1. The zero-order valence-electron chi connectivity index (χ0n) is 9.06. The van der Waals surface area contributed by atoms with Gasteiger partial charge in [0.15, 0.2) is 0 Å². The maximum Gasteiger partial charge on any atom is 0.393 e. The second-order valence-corrected chi connectivity index (χ2v) is 4.37. The van der Waals surface area contributed by atoms with Crippen molar-refractivity contribution in [3.05, 3.63) is 29.3 Å². The van der Waals surface area contributed by atoms with Gasteiger partial charge in [-0.15, -0.1) is 0 Å². The Balaban J connectivity index is 2.20. The fourth-order valence-corrected chi connectivity index (χ4v) is 2.05. The quantitative estimate of drug-likeness (QED) is 0.776. The Hall–Kier alpha value is -1.19. The van der Waals surface area contributed by atoms with E-state index < -0.39 is 12.6 Å². The van der Waals surface area contributed by atoms with Crippen molar-refractivity contribution >= 4 is 5.69 Å². The van der Waals surface area contributed by atoms with E-state index in [-0.39, 0.29) is 0 Å². The maximum atomic E-state index is 12.2. The molecule has 0 bridgehead atoms. The lowest BCUT2D eigenvalue weighted by atomic mass is 9.96. The van der Waals surface area contributed by atoms with E-state index in [0.717, 1.165) is 24.1 Å². The molecule has 0 unspecified atom stereocenters. The minimum atomic E-state index is -4.12. The van der Waals surface area contributed by atoms with Gasteiger partial charge in [0.2, 0.25) is 0 Å². The van der Waals surface area contributed by atoms with Gasteiger partial charge < -0.3 is 5.32 Å². The van der Waals surface area contributed by atoms with Crippen LogP contribution in [0.4, 0.5) is 18.9 Å². The molecule has 2 rings (SSSR count). The molecule has 1 atom stereocenters. The Morgan fingerprint density at radius 1 is 1.38 bits per heavy atom. The number of anilines is 1. The Morgan fingerprint density at radius 2 is 2.12 bits per heavy atom. The van der Waals surface area contributed by atoms with E-state index in [1.54, 1.807) is 18.2 Å². The molecule has 1 heterocycles. The lowest BCUT2D eigenvalue weighted by Gasteiger charge is -2.24. The van der Waals surface area contributed by atoms with Gasteiger partial charge in [0.25, 0.3) is 0 Å². The number of nitrogens with one attached hydrogen (secondary N) is 1. The highest BCUT2D eigenvalue weighted by Crippen LogP contribution is 2.28. The van der Waals surface area contributed by atoms with Gasteiger partial charge in [-0.05, 0) is 37.0 Å². The summed E-state index contributed by atoms with van der Waals surface area (Å²) in [5.41, 5.74) is 2.33. The van der Waals surface area contributed by atoms with Gasteiger partial charge in [0, 0.05) is 11.7 Å². The zero-order valence-corrected chi connectivity index (χ0v) is 9.06. The molecular formula is C12H14F3N. The predicted octanol–water partition coefficient (Wildman–Crippen LogP) is 3.54. The number of alkyl halides is 3. The van der Waals surface area contributed by atoms with Gasteiger partial charge in [-0.1, -0.05) is 12.1 Å². The Morgan fingerprint density at radius 3 is 2.81 bits per heavy atom. The molecule has 0 saturated carbocycles. The lowest BCUT2D eigenvalue weighted by molar-refractivity contribution is -0.127. The van der Waals surface area contributed by atoms with Crippen LogP contribution in [-0.2, 0) is 12.8 Å². The lowest BCUT2D eigenvalue weighted by Crippen LogP contribution is -2.22.